The minimum absolute atomic E-state index is 0.144. The third kappa shape index (κ3) is 6.33. The van der Waals surface area contributed by atoms with Gasteiger partial charge in [-0.1, -0.05) is 17.7 Å². The van der Waals surface area contributed by atoms with Crippen LogP contribution in [0.3, 0.4) is 0 Å². The summed E-state index contributed by atoms with van der Waals surface area (Å²) in [5.41, 5.74) is 5.17. The summed E-state index contributed by atoms with van der Waals surface area (Å²) in [6.45, 7) is 7.80. The van der Waals surface area contributed by atoms with Gasteiger partial charge in [-0.25, -0.2) is 13.2 Å². The van der Waals surface area contributed by atoms with E-state index in [1.807, 2.05) is 32.9 Å². The van der Waals surface area contributed by atoms with E-state index >= 15 is 0 Å². The number of ether oxygens (including phenoxy) is 1. The quantitative estimate of drug-likeness (QED) is 0.297. The first-order valence-corrected chi connectivity index (χ1v) is 12.5. The lowest BCUT2D eigenvalue weighted by atomic mass is 10.1. The molecule has 0 aliphatic heterocycles. The Morgan fingerprint density at radius 3 is 1.88 bits per heavy atom. The van der Waals surface area contributed by atoms with Crippen LogP contribution in [0.2, 0.25) is 0 Å². The monoisotopic (exact) mass is 497 g/mol. The summed E-state index contributed by atoms with van der Waals surface area (Å²) in [4.78, 5) is 11.9. The van der Waals surface area contributed by atoms with Gasteiger partial charge in [0.1, 0.15) is 0 Å². The van der Waals surface area contributed by atoms with Crippen molar-refractivity contribution >= 4 is 50.4 Å². The van der Waals surface area contributed by atoms with Gasteiger partial charge in [-0.05, 0) is 99.6 Å². The summed E-state index contributed by atoms with van der Waals surface area (Å²) in [6.07, 6.45) is 0. The van der Waals surface area contributed by atoms with Gasteiger partial charge in [-0.3, -0.25) is 4.72 Å². The number of nitrogens with one attached hydrogen (secondary N) is 3. The van der Waals surface area contributed by atoms with E-state index in [0.29, 0.717) is 34.3 Å². The summed E-state index contributed by atoms with van der Waals surface area (Å²) in [5, 5.41) is 6.36. The molecule has 0 amide bonds. The lowest BCUT2D eigenvalue weighted by Crippen LogP contribution is -2.19. The van der Waals surface area contributed by atoms with Crippen LogP contribution in [0.15, 0.2) is 65.6 Å². The van der Waals surface area contributed by atoms with Gasteiger partial charge in [0, 0.05) is 11.4 Å². The van der Waals surface area contributed by atoms with Gasteiger partial charge in [0.05, 0.1) is 22.8 Å². The topological polar surface area (TPSA) is 96.5 Å². The third-order valence-corrected chi connectivity index (χ3v) is 6.56. The van der Waals surface area contributed by atoms with Gasteiger partial charge in [0.15, 0.2) is 5.11 Å². The average molecular weight is 498 g/mol. The molecule has 34 heavy (non-hydrogen) atoms. The molecule has 0 bridgehead atoms. The first-order chi connectivity index (χ1) is 16.1. The maximum Gasteiger partial charge on any atom is 0.338 e. The molecule has 0 heterocycles. The zero-order chi connectivity index (χ0) is 24.9. The number of hydrogen-bond acceptors (Lipinski definition) is 5. The van der Waals surface area contributed by atoms with E-state index in [0.717, 1.165) is 16.7 Å². The summed E-state index contributed by atoms with van der Waals surface area (Å²) in [7, 11) is -3.74. The Bertz CT molecular complexity index is 1280. The maximum atomic E-state index is 12.9. The van der Waals surface area contributed by atoms with E-state index in [4.69, 9.17) is 17.0 Å². The molecular formula is C25H27N3O4S2. The Labute approximate surface area is 205 Å². The zero-order valence-corrected chi connectivity index (χ0v) is 21.1. The summed E-state index contributed by atoms with van der Waals surface area (Å²) >= 11 is 5.33. The molecule has 0 atom stereocenters. The van der Waals surface area contributed by atoms with Crippen LogP contribution >= 0.6 is 12.2 Å². The zero-order valence-electron chi connectivity index (χ0n) is 19.4. The highest BCUT2D eigenvalue weighted by atomic mass is 32.2. The highest BCUT2D eigenvalue weighted by molar-refractivity contribution is 7.92. The number of hydrogen-bond donors (Lipinski definition) is 3. The predicted octanol–water partition coefficient (Wildman–Crippen LogP) is 5.40. The van der Waals surface area contributed by atoms with E-state index in [-0.39, 0.29) is 10.9 Å². The van der Waals surface area contributed by atoms with Crippen molar-refractivity contribution in [2.75, 3.05) is 22.0 Å². The molecule has 3 aromatic rings. The molecule has 0 fully saturated rings. The molecule has 0 spiro atoms. The summed E-state index contributed by atoms with van der Waals surface area (Å²) in [5.74, 6) is -0.382. The molecule has 0 unspecified atom stereocenters. The van der Waals surface area contributed by atoms with Crippen LogP contribution in [0.25, 0.3) is 0 Å². The number of benzene rings is 3. The number of carbonyl (C=O) groups excluding carboxylic acids is 1. The third-order valence-electron chi connectivity index (χ3n) is 4.99. The first kappa shape index (κ1) is 25.2. The lowest BCUT2D eigenvalue weighted by Gasteiger charge is -2.15. The standard InChI is InChI=1S/C25H27N3O4S2/c1-5-32-24(29)19-6-8-20(9-7-19)26-25(33)27-21-10-12-22(13-11-21)34(30,31)28-23-17(3)14-16(2)15-18(23)4/h6-15,28H,5H2,1-4H3,(H2,26,27,33). The normalized spacial score (nSPS) is 10.9. The van der Waals surface area contributed by atoms with Gasteiger partial charge in [0.25, 0.3) is 10.0 Å². The lowest BCUT2D eigenvalue weighted by molar-refractivity contribution is 0.0526. The van der Waals surface area contributed by atoms with Crippen molar-refractivity contribution in [1.82, 2.24) is 0 Å². The molecule has 0 aliphatic rings. The number of sulfonamides is 1. The van der Waals surface area contributed by atoms with Gasteiger partial charge in [-0.2, -0.15) is 0 Å². The Kier molecular flexibility index (Phi) is 7.90. The fraction of sp³-hybridized carbons (Fsp3) is 0.200. The van der Waals surface area contributed by atoms with Crippen molar-refractivity contribution in [1.29, 1.82) is 0 Å². The molecule has 7 nitrogen and oxygen atoms in total. The highest BCUT2D eigenvalue weighted by Crippen LogP contribution is 2.25. The number of anilines is 3. The largest absolute Gasteiger partial charge is 0.462 e. The van der Waals surface area contributed by atoms with Gasteiger partial charge in [0.2, 0.25) is 0 Å². The predicted molar refractivity (Wildman–Crippen MR) is 140 cm³/mol. The molecule has 0 saturated heterocycles. The number of rotatable bonds is 7. The van der Waals surface area contributed by atoms with E-state index < -0.39 is 10.0 Å². The molecule has 0 aromatic heterocycles. The van der Waals surface area contributed by atoms with E-state index in [9.17, 15) is 13.2 Å². The van der Waals surface area contributed by atoms with Crippen molar-refractivity contribution in [2.24, 2.45) is 0 Å². The Balaban J connectivity index is 1.64. The van der Waals surface area contributed by atoms with Gasteiger partial charge < -0.3 is 15.4 Å². The number of esters is 1. The van der Waals surface area contributed by atoms with Crippen molar-refractivity contribution in [3.05, 3.63) is 82.9 Å². The molecular weight excluding hydrogens is 470 g/mol. The van der Waals surface area contributed by atoms with Crippen LogP contribution in [-0.2, 0) is 14.8 Å². The van der Waals surface area contributed by atoms with Crippen molar-refractivity contribution in [2.45, 2.75) is 32.6 Å². The second-order valence-corrected chi connectivity index (χ2v) is 9.87. The molecule has 0 aliphatic carbocycles. The van der Waals surface area contributed by atoms with Crippen LogP contribution in [-0.4, -0.2) is 26.1 Å². The SMILES string of the molecule is CCOC(=O)c1ccc(NC(=S)Nc2ccc(S(=O)(=O)Nc3c(C)cc(C)cc3C)cc2)cc1. The molecule has 0 radical (unpaired) electrons. The summed E-state index contributed by atoms with van der Waals surface area (Å²) in [6, 6.07) is 16.9. The number of aryl methyl sites for hydroxylation is 3. The first-order valence-electron chi connectivity index (χ1n) is 10.6. The van der Waals surface area contributed by atoms with Crippen LogP contribution < -0.4 is 15.4 Å². The van der Waals surface area contributed by atoms with Gasteiger partial charge >= 0.3 is 5.97 Å². The fourth-order valence-corrected chi connectivity index (χ4v) is 4.89. The second kappa shape index (κ2) is 10.7. The minimum atomic E-state index is -3.74. The van der Waals surface area contributed by atoms with E-state index in [1.54, 1.807) is 43.3 Å². The van der Waals surface area contributed by atoms with E-state index in [2.05, 4.69) is 15.4 Å². The molecule has 3 N–H and O–H groups in total. The Morgan fingerprint density at radius 2 is 1.38 bits per heavy atom. The van der Waals surface area contributed by atoms with Crippen LogP contribution in [0.1, 0.15) is 34.0 Å². The Morgan fingerprint density at radius 1 is 0.882 bits per heavy atom. The van der Waals surface area contributed by atoms with Crippen LogP contribution in [0.4, 0.5) is 17.1 Å². The molecule has 178 valence electrons. The van der Waals surface area contributed by atoms with E-state index in [1.165, 1.54) is 12.1 Å². The molecule has 3 aromatic carbocycles. The van der Waals surface area contributed by atoms with Crippen molar-refractivity contribution in [3.63, 3.8) is 0 Å². The average Bonchev–Trinajstić information content (AvgIpc) is 2.77. The smallest absolute Gasteiger partial charge is 0.338 e. The molecule has 3 rings (SSSR count). The fourth-order valence-electron chi connectivity index (χ4n) is 3.45. The van der Waals surface area contributed by atoms with Crippen LogP contribution in [0.5, 0.6) is 0 Å². The highest BCUT2D eigenvalue weighted by Gasteiger charge is 2.17. The number of thiocarbonyl (C=S) groups is 1. The summed E-state index contributed by atoms with van der Waals surface area (Å²) < 4.78 is 33.4. The molecule has 0 saturated carbocycles. The van der Waals surface area contributed by atoms with Crippen molar-refractivity contribution in [3.8, 4) is 0 Å². The number of carbonyl (C=O) groups is 1. The minimum Gasteiger partial charge on any atom is -0.462 e. The van der Waals surface area contributed by atoms with Gasteiger partial charge in [-0.15, -0.1) is 0 Å². The molecule has 9 heteroatoms. The maximum absolute atomic E-state index is 12.9. The second-order valence-electron chi connectivity index (χ2n) is 7.78. The van der Waals surface area contributed by atoms with Crippen molar-refractivity contribution < 1.29 is 17.9 Å². The van der Waals surface area contributed by atoms with Crippen LogP contribution in [0, 0.1) is 20.8 Å². The Hall–Kier alpha value is -3.43.